The highest BCUT2D eigenvalue weighted by Gasteiger charge is 2.22. The molecule has 4 aromatic rings. The van der Waals surface area contributed by atoms with Gasteiger partial charge in [-0.2, -0.15) is 5.10 Å². The van der Waals surface area contributed by atoms with Gasteiger partial charge in [-0.3, -0.25) is 4.79 Å². The second kappa shape index (κ2) is 7.86. The topological polar surface area (TPSA) is 94.6 Å². The minimum Gasteiger partial charge on any atom is -0.336 e. The number of fused-ring (bicyclic) bond motifs is 1. The normalized spacial score (nSPS) is 13.7. The Bertz CT molecular complexity index is 1110. The molecule has 0 atom stereocenters. The van der Waals surface area contributed by atoms with Crippen molar-refractivity contribution in [1.82, 2.24) is 39.9 Å². The number of carbonyl (C=O) groups is 1. The molecule has 9 heteroatoms. The van der Waals surface area contributed by atoms with Gasteiger partial charge in [0, 0.05) is 30.6 Å². The number of amides is 1. The highest BCUT2D eigenvalue weighted by atomic mass is 16.2. The number of carbonyl (C=O) groups excluding carboxylic acids is 1. The number of tetrazole rings is 1. The molecule has 0 radical (unpaired) electrons. The highest BCUT2D eigenvalue weighted by molar-refractivity contribution is 5.94. The third-order valence-corrected chi connectivity index (χ3v) is 5.19. The van der Waals surface area contributed by atoms with E-state index in [0.717, 1.165) is 22.8 Å². The monoisotopic (exact) mass is 400 g/mol. The largest absolute Gasteiger partial charge is 0.336 e. The maximum atomic E-state index is 13.0. The molecule has 0 spiro atoms. The predicted molar refractivity (Wildman–Crippen MR) is 108 cm³/mol. The summed E-state index contributed by atoms with van der Waals surface area (Å²) in [5.41, 5.74) is 2.72. The zero-order valence-electron chi connectivity index (χ0n) is 16.3. The van der Waals surface area contributed by atoms with Crippen molar-refractivity contribution in [3.8, 4) is 11.4 Å². The van der Waals surface area contributed by atoms with Crippen LogP contribution in [0.4, 0.5) is 0 Å². The molecular weight excluding hydrogens is 380 g/mol. The van der Waals surface area contributed by atoms with Crippen LogP contribution < -0.4 is 0 Å². The Morgan fingerprint density at radius 1 is 0.967 bits per heavy atom. The van der Waals surface area contributed by atoms with Gasteiger partial charge in [0.2, 0.25) is 0 Å². The van der Waals surface area contributed by atoms with Crippen LogP contribution in [-0.2, 0) is 19.5 Å². The number of aromatic nitrogens is 7. The Hall–Kier alpha value is -3.88. The molecule has 0 fully saturated rings. The second-order valence-electron chi connectivity index (χ2n) is 7.19. The lowest BCUT2D eigenvalue weighted by atomic mass is 10.1. The molecule has 2 aromatic heterocycles. The van der Waals surface area contributed by atoms with Crippen molar-refractivity contribution in [2.75, 3.05) is 13.1 Å². The first-order valence-electron chi connectivity index (χ1n) is 9.84. The zero-order chi connectivity index (χ0) is 20.3. The van der Waals surface area contributed by atoms with Crippen molar-refractivity contribution >= 4 is 5.91 Å². The fourth-order valence-electron chi connectivity index (χ4n) is 3.59. The van der Waals surface area contributed by atoms with Gasteiger partial charge >= 0.3 is 0 Å². The summed E-state index contributed by atoms with van der Waals surface area (Å²) in [5, 5.41) is 15.8. The molecule has 30 heavy (non-hydrogen) atoms. The van der Waals surface area contributed by atoms with Crippen molar-refractivity contribution in [2.45, 2.75) is 19.5 Å². The van der Waals surface area contributed by atoms with Crippen LogP contribution in [0.15, 0.2) is 60.9 Å². The van der Waals surface area contributed by atoms with E-state index in [-0.39, 0.29) is 5.91 Å². The minimum absolute atomic E-state index is 0.0259. The van der Waals surface area contributed by atoms with Gasteiger partial charge in [0.25, 0.3) is 5.91 Å². The van der Waals surface area contributed by atoms with Gasteiger partial charge < -0.3 is 4.90 Å². The Labute approximate surface area is 173 Å². The minimum atomic E-state index is 0.0259. The van der Waals surface area contributed by atoms with E-state index >= 15 is 0 Å². The lowest BCUT2D eigenvalue weighted by Gasteiger charge is -2.20. The van der Waals surface area contributed by atoms with Crippen LogP contribution in [-0.4, -0.2) is 58.9 Å². The van der Waals surface area contributed by atoms with Crippen molar-refractivity contribution in [3.05, 3.63) is 77.9 Å². The van der Waals surface area contributed by atoms with Crippen LogP contribution in [0.1, 0.15) is 21.7 Å². The van der Waals surface area contributed by atoms with Gasteiger partial charge in [-0.15, -0.1) is 5.10 Å². The van der Waals surface area contributed by atoms with Gasteiger partial charge in [0.1, 0.15) is 12.2 Å². The molecule has 5 rings (SSSR count). The summed E-state index contributed by atoms with van der Waals surface area (Å²) in [7, 11) is 0. The molecule has 0 unspecified atom stereocenters. The summed E-state index contributed by atoms with van der Waals surface area (Å²) in [4.78, 5) is 19.5. The summed E-state index contributed by atoms with van der Waals surface area (Å²) in [5.74, 6) is 1.68. The fraction of sp³-hybridized carbons (Fsp3) is 0.238. The molecule has 1 aliphatic heterocycles. The standard InChI is InChI=1S/C21H20N8O/c30-21(18-8-6-16(7-9-18)14-28-15-22-25-26-28)27-11-10-19-23-20(24-29(19)13-12-27)17-4-2-1-3-5-17/h1-9,15H,10-14H2. The summed E-state index contributed by atoms with van der Waals surface area (Å²) in [6.45, 7) is 2.44. The Morgan fingerprint density at radius 2 is 1.80 bits per heavy atom. The van der Waals surface area contributed by atoms with Crippen molar-refractivity contribution in [1.29, 1.82) is 0 Å². The lowest BCUT2D eigenvalue weighted by molar-refractivity contribution is 0.0758. The van der Waals surface area contributed by atoms with Crippen molar-refractivity contribution < 1.29 is 4.79 Å². The fourth-order valence-corrected chi connectivity index (χ4v) is 3.59. The predicted octanol–water partition coefficient (Wildman–Crippen LogP) is 1.68. The molecular formula is C21H20N8O. The third kappa shape index (κ3) is 3.69. The quantitative estimate of drug-likeness (QED) is 0.517. The summed E-state index contributed by atoms with van der Waals surface area (Å²) in [6, 6.07) is 17.5. The SMILES string of the molecule is O=C(c1ccc(Cn2cnnn2)cc1)N1CCc2nc(-c3ccccc3)nn2CC1. The number of hydrogen-bond acceptors (Lipinski definition) is 6. The van der Waals surface area contributed by atoms with Crippen LogP contribution >= 0.6 is 0 Å². The molecule has 0 bridgehead atoms. The molecule has 0 saturated heterocycles. The van der Waals surface area contributed by atoms with E-state index in [2.05, 4.69) is 20.6 Å². The molecule has 0 saturated carbocycles. The van der Waals surface area contributed by atoms with Gasteiger partial charge in [-0.05, 0) is 28.1 Å². The number of nitrogens with zero attached hydrogens (tertiary/aromatic N) is 8. The average Bonchev–Trinajstić information content (AvgIpc) is 3.41. The van der Waals surface area contributed by atoms with Crippen LogP contribution in [0.5, 0.6) is 0 Å². The van der Waals surface area contributed by atoms with Gasteiger partial charge in [-0.1, -0.05) is 42.5 Å². The van der Waals surface area contributed by atoms with Crippen LogP contribution in [0.3, 0.4) is 0 Å². The molecule has 1 aliphatic rings. The first-order valence-corrected chi connectivity index (χ1v) is 9.84. The highest BCUT2D eigenvalue weighted by Crippen LogP contribution is 2.18. The maximum Gasteiger partial charge on any atom is 0.253 e. The Balaban J connectivity index is 1.25. The summed E-state index contributed by atoms with van der Waals surface area (Å²) < 4.78 is 3.56. The molecule has 3 heterocycles. The van der Waals surface area contributed by atoms with Gasteiger partial charge in [0.05, 0.1) is 13.1 Å². The van der Waals surface area contributed by atoms with Gasteiger partial charge in [-0.25, -0.2) is 14.3 Å². The molecule has 2 aromatic carbocycles. The van der Waals surface area contributed by atoms with E-state index in [1.54, 1.807) is 11.0 Å². The summed E-state index contributed by atoms with van der Waals surface area (Å²) >= 11 is 0. The number of rotatable bonds is 4. The first-order chi connectivity index (χ1) is 14.8. The molecule has 0 N–H and O–H groups in total. The van der Waals surface area contributed by atoms with Crippen molar-refractivity contribution in [3.63, 3.8) is 0 Å². The third-order valence-electron chi connectivity index (χ3n) is 5.19. The molecule has 150 valence electrons. The second-order valence-corrected chi connectivity index (χ2v) is 7.19. The maximum absolute atomic E-state index is 13.0. The molecule has 0 aliphatic carbocycles. The molecule has 1 amide bonds. The Morgan fingerprint density at radius 3 is 2.57 bits per heavy atom. The van der Waals surface area contributed by atoms with Crippen LogP contribution in [0.25, 0.3) is 11.4 Å². The lowest BCUT2D eigenvalue weighted by Crippen LogP contribution is -2.33. The zero-order valence-corrected chi connectivity index (χ0v) is 16.3. The Kier molecular flexibility index (Phi) is 4.76. The van der Waals surface area contributed by atoms with E-state index in [0.29, 0.717) is 38.2 Å². The molecule has 9 nitrogen and oxygen atoms in total. The van der Waals surface area contributed by atoms with Crippen LogP contribution in [0.2, 0.25) is 0 Å². The van der Waals surface area contributed by atoms with Crippen molar-refractivity contribution in [2.24, 2.45) is 0 Å². The first kappa shape index (κ1) is 18.2. The van der Waals surface area contributed by atoms with Gasteiger partial charge in [0.15, 0.2) is 5.82 Å². The number of hydrogen-bond donors (Lipinski definition) is 0. The van der Waals surface area contributed by atoms with Crippen LogP contribution in [0, 0.1) is 0 Å². The van der Waals surface area contributed by atoms with E-state index in [1.165, 1.54) is 0 Å². The smallest absolute Gasteiger partial charge is 0.253 e. The van der Waals surface area contributed by atoms with E-state index in [1.807, 2.05) is 64.2 Å². The summed E-state index contributed by atoms with van der Waals surface area (Å²) in [6.07, 6.45) is 2.25. The van der Waals surface area contributed by atoms with E-state index < -0.39 is 0 Å². The van der Waals surface area contributed by atoms with E-state index in [4.69, 9.17) is 4.98 Å². The average molecular weight is 400 g/mol. The van der Waals surface area contributed by atoms with E-state index in [9.17, 15) is 4.79 Å². The number of benzene rings is 2.